The molecule has 0 unspecified atom stereocenters. The number of hydrogen-bond donors (Lipinski definition) is 1. The van der Waals surface area contributed by atoms with E-state index in [1.165, 1.54) is 35.7 Å². The van der Waals surface area contributed by atoms with Gasteiger partial charge in [0, 0.05) is 12.1 Å². The minimum Gasteiger partial charge on any atom is -0.348 e. The standard InChI is InChI=1S/C24H31N3O5S/c1-5-22(26(33(4,31)32)23-15-21(27(29)30)13-10-16(23)2)24(28)25-17(3)19-12-11-18-8-6-7-9-20(18)14-19/h10-15,17,22H,5-9H2,1-4H3,(H,25,28)/t17-,22-/m1/s1. The van der Waals surface area contributed by atoms with Crippen molar-refractivity contribution >= 4 is 27.3 Å². The van der Waals surface area contributed by atoms with Crippen LogP contribution in [0.2, 0.25) is 0 Å². The Hall–Kier alpha value is -2.94. The maximum atomic E-state index is 13.3. The minimum atomic E-state index is -3.90. The lowest BCUT2D eigenvalue weighted by Crippen LogP contribution is -2.50. The van der Waals surface area contributed by atoms with E-state index in [-0.39, 0.29) is 23.8 Å². The van der Waals surface area contributed by atoms with Gasteiger partial charge < -0.3 is 5.32 Å². The Kier molecular flexibility index (Phi) is 7.41. The normalized spacial score (nSPS) is 15.3. The van der Waals surface area contributed by atoms with E-state index in [1.807, 2.05) is 13.0 Å². The maximum absolute atomic E-state index is 13.3. The summed E-state index contributed by atoms with van der Waals surface area (Å²) in [5, 5.41) is 14.2. The van der Waals surface area contributed by atoms with Crippen LogP contribution >= 0.6 is 0 Å². The number of nitro groups is 1. The Morgan fingerprint density at radius 3 is 2.42 bits per heavy atom. The summed E-state index contributed by atoms with van der Waals surface area (Å²) in [6.07, 6.45) is 5.65. The number of anilines is 1. The number of carbonyl (C=O) groups is 1. The molecule has 2 aromatic carbocycles. The van der Waals surface area contributed by atoms with Gasteiger partial charge in [0.2, 0.25) is 15.9 Å². The van der Waals surface area contributed by atoms with Crippen LogP contribution in [0.3, 0.4) is 0 Å². The second-order valence-corrected chi connectivity index (χ2v) is 10.5. The molecule has 1 N–H and O–H groups in total. The van der Waals surface area contributed by atoms with Gasteiger partial charge in [-0.3, -0.25) is 19.2 Å². The molecule has 178 valence electrons. The number of carbonyl (C=O) groups excluding carboxylic acids is 1. The molecule has 0 bridgehead atoms. The highest BCUT2D eigenvalue weighted by Gasteiger charge is 2.34. The van der Waals surface area contributed by atoms with Crippen LogP contribution < -0.4 is 9.62 Å². The summed E-state index contributed by atoms with van der Waals surface area (Å²) in [4.78, 5) is 24.0. The Bertz CT molecular complexity index is 1160. The minimum absolute atomic E-state index is 0.134. The zero-order valence-electron chi connectivity index (χ0n) is 19.5. The van der Waals surface area contributed by atoms with Crippen LogP contribution in [0.1, 0.15) is 61.4 Å². The number of nitrogens with zero attached hydrogens (tertiary/aromatic N) is 2. The van der Waals surface area contributed by atoms with E-state index in [9.17, 15) is 23.3 Å². The van der Waals surface area contributed by atoms with Crippen LogP contribution in [-0.2, 0) is 27.7 Å². The molecule has 1 aliphatic carbocycles. The van der Waals surface area contributed by atoms with Crippen molar-refractivity contribution in [2.45, 2.75) is 65.0 Å². The number of amides is 1. The van der Waals surface area contributed by atoms with E-state index in [0.717, 1.165) is 35.4 Å². The zero-order valence-corrected chi connectivity index (χ0v) is 20.3. The molecular formula is C24H31N3O5S. The van der Waals surface area contributed by atoms with Gasteiger partial charge in [0.1, 0.15) is 6.04 Å². The molecule has 1 aliphatic rings. The number of nitrogens with one attached hydrogen (secondary N) is 1. The number of nitro benzene ring substituents is 1. The molecule has 9 heteroatoms. The summed E-state index contributed by atoms with van der Waals surface area (Å²) in [5.41, 5.74) is 4.05. The van der Waals surface area contributed by atoms with Gasteiger partial charge in [0.15, 0.2) is 0 Å². The van der Waals surface area contributed by atoms with Gasteiger partial charge in [-0.15, -0.1) is 0 Å². The average molecular weight is 474 g/mol. The number of benzene rings is 2. The topological polar surface area (TPSA) is 110 Å². The average Bonchev–Trinajstić information content (AvgIpc) is 2.76. The molecular weight excluding hydrogens is 442 g/mol. The van der Waals surface area contributed by atoms with E-state index in [1.54, 1.807) is 13.8 Å². The lowest BCUT2D eigenvalue weighted by molar-refractivity contribution is -0.384. The van der Waals surface area contributed by atoms with Gasteiger partial charge in [-0.05, 0) is 68.2 Å². The quantitative estimate of drug-likeness (QED) is 0.456. The van der Waals surface area contributed by atoms with Gasteiger partial charge in [0.05, 0.1) is 22.9 Å². The first kappa shape index (κ1) is 24.7. The third-order valence-corrected chi connectivity index (χ3v) is 7.37. The lowest BCUT2D eigenvalue weighted by atomic mass is 9.89. The van der Waals surface area contributed by atoms with E-state index in [2.05, 4.69) is 17.4 Å². The summed E-state index contributed by atoms with van der Waals surface area (Å²) in [6.45, 7) is 5.26. The van der Waals surface area contributed by atoms with Crippen molar-refractivity contribution in [2.24, 2.45) is 0 Å². The molecule has 0 saturated carbocycles. The van der Waals surface area contributed by atoms with Gasteiger partial charge >= 0.3 is 0 Å². The Morgan fingerprint density at radius 1 is 1.15 bits per heavy atom. The maximum Gasteiger partial charge on any atom is 0.271 e. The van der Waals surface area contributed by atoms with Crippen LogP contribution in [0.25, 0.3) is 0 Å². The molecule has 33 heavy (non-hydrogen) atoms. The molecule has 0 aliphatic heterocycles. The Balaban J connectivity index is 1.91. The van der Waals surface area contributed by atoms with Crippen LogP contribution in [0.4, 0.5) is 11.4 Å². The first-order valence-corrected chi connectivity index (χ1v) is 13.0. The van der Waals surface area contributed by atoms with Crippen LogP contribution in [0, 0.1) is 17.0 Å². The summed E-state index contributed by atoms with van der Waals surface area (Å²) in [5.74, 6) is -0.445. The number of non-ortho nitro benzene ring substituents is 1. The summed E-state index contributed by atoms with van der Waals surface area (Å²) in [7, 11) is -3.90. The molecule has 0 fully saturated rings. The van der Waals surface area contributed by atoms with Crippen LogP contribution in [0.15, 0.2) is 36.4 Å². The molecule has 0 heterocycles. The van der Waals surface area contributed by atoms with Crippen LogP contribution in [-0.4, -0.2) is 31.5 Å². The highest BCUT2D eigenvalue weighted by molar-refractivity contribution is 7.92. The Labute approximate surface area is 195 Å². The van der Waals surface area contributed by atoms with Gasteiger partial charge in [0.25, 0.3) is 5.69 Å². The van der Waals surface area contributed by atoms with Crippen molar-refractivity contribution in [1.29, 1.82) is 0 Å². The second-order valence-electron chi connectivity index (χ2n) is 8.68. The summed E-state index contributed by atoms with van der Waals surface area (Å²) >= 11 is 0. The SMILES string of the molecule is CC[C@H](C(=O)N[C@H](C)c1ccc2c(c1)CCCC2)N(c1cc([N+](=O)[O-])ccc1C)S(C)(=O)=O. The fraction of sp³-hybridized carbons (Fsp3) is 0.458. The highest BCUT2D eigenvalue weighted by atomic mass is 32.2. The number of sulfonamides is 1. The molecule has 0 spiro atoms. The van der Waals surface area contributed by atoms with E-state index in [4.69, 9.17) is 0 Å². The van der Waals surface area contributed by atoms with Crippen molar-refractivity contribution in [3.05, 3.63) is 68.8 Å². The largest absolute Gasteiger partial charge is 0.348 e. The molecule has 8 nitrogen and oxygen atoms in total. The van der Waals surface area contributed by atoms with Gasteiger partial charge in [-0.1, -0.05) is 31.2 Å². The molecule has 0 aromatic heterocycles. The number of aryl methyl sites for hydroxylation is 3. The number of hydrogen-bond acceptors (Lipinski definition) is 5. The molecule has 3 rings (SSSR count). The highest BCUT2D eigenvalue weighted by Crippen LogP contribution is 2.31. The molecule has 1 amide bonds. The Morgan fingerprint density at radius 2 is 1.82 bits per heavy atom. The second kappa shape index (κ2) is 9.91. The van der Waals surface area contributed by atoms with Crippen molar-refractivity contribution in [2.75, 3.05) is 10.6 Å². The number of rotatable bonds is 8. The molecule has 0 radical (unpaired) electrons. The van der Waals surface area contributed by atoms with Crippen molar-refractivity contribution in [1.82, 2.24) is 5.32 Å². The fourth-order valence-electron chi connectivity index (χ4n) is 4.40. The van der Waals surface area contributed by atoms with Crippen LogP contribution in [0.5, 0.6) is 0 Å². The van der Waals surface area contributed by atoms with Gasteiger partial charge in [-0.2, -0.15) is 0 Å². The van der Waals surface area contributed by atoms with E-state index < -0.39 is 26.9 Å². The molecule has 2 atom stereocenters. The van der Waals surface area contributed by atoms with Crippen molar-refractivity contribution in [3.8, 4) is 0 Å². The van der Waals surface area contributed by atoms with E-state index >= 15 is 0 Å². The first-order chi connectivity index (χ1) is 15.5. The third kappa shape index (κ3) is 5.52. The summed E-state index contributed by atoms with van der Waals surface area (Å²) < 4.78 is 26.5. The monoisotopic (exact) mass is 473 g/mol. The van der Waals surface area contributed by atoms with E-state index in [0.29, 0.717) is 5.56 Å². The third-order valence-electron chi connectivity index (χ3n) is 6.20. The van der Waals surface area contributed by atoms with Crippen molar-refractivity contribution < 1.29 is 18.1 Å². The van der Waals surface area contributed by atoms with Crippen molar-refractivity contribution in [3.63, 3.8) is 0 Å². The molecule has 2 aromatic rings. The predicted octanol–water partition coefficient (Wildman–Crippen LogP) is 4.20. The fourth-order valence-corrected chi connectivity index (χ4v) is 5.66. The lowest BCUT2D eigenvalue weighted by Gasteiger charge is -2.32. The molecule has 0 saturated heterocycles. The van der Waals surface area contributed by atoms with Gasteiger partial charge in [-0.25, -0.2) is 8.42 Å². The smallest absolute Gasteiger partial charge is 0.271 e. The number of fused-ring (bicyclic) bond motifs is 1. The predicted molar refractivity (Wildman–Crippen MR) is 129 cm³/mol. The zero-order chi connectivity index (χ0) is 24.3. The first-order valence-electron chi connectivity index (χ1n) is 11.2. The summed E-state index contributed by atoms with van der Waals surface area (Å²) in [6, 6.07) is 8.91.